The van der Waals surface area contributed by atoms with Gasteiger partial charge in [-0.3, -0.25) is 4.98 Å². The zero-order valence-corrected chi connectivity index (χ0v) is 11.3. The fraction of sp³-hybridized carbons (Fsp3) is 0.692. The van der Waals surface area contributed by atoms with Crippen LogP contribution in [-0.2, 0) is 0 Å². The molecule has 1 N–H and O–H groups in total. The molecule has 0 atom stereocenters. The van der Waals surface area contributed by atoms with Crippen LogP contribution in [0.3, 0.4) is 0 Å². The van der Waals surface area contributed by atoms with E-state index < -0.39 is 0 Å². The smallest absolute Gasteiger partial charge is 0.147 e. The average Bonchev–Trinajstić information content (AvgIpc) is 2.32. The summed E-state index contributed by atoms with van der Waals surface area (Å²) in [5.41, 5.74) is 1.93. The molecule has 1 fully saturated rings. The molecule has 1 aromatic rings. The molecule has 94 valence electrons. The van der Waals surface area contributed by atoms with Gasteiger partial charge in [-0.2, -0.15) is 0 Å². The minimum Gasteiger partial charge on any atom is -0.368 e. The van der Waals surface area contributed by atoms with Crippen LogP contribution in [0.25, 0.3) is 0 Å². The van der Waals surface area contributed by atoms with E-state index in [4.69, 9.17) is 11.6 Å². The third-order valence-electron chi connectivity index (χ3n) is 3.41. The van der Waals surface area contributed by atoms with Gasteiger partial charge in [-0.05, 0) is 45.4 Å². The van der Waals surface area contributed by atoms with Crippen LogP contribution in [0.15, 0.2) is 6.20 Å². The maximum atomic E-state index is 6.10. The molecule has 0 bridgehead atoms. The van der Waals surface area contributed by atoms with E-state index in [1.54, 1.807) is 6.20 Å². The number of nitrogens with zero attached hydrogens (tertiary/aromatic N) is 2. The molecule has 2 rings (SSSR count). The highest BCUT2D eigenvalue weighted by molar-refractivity contribution is 6.20. The van der Waals surface area contributed by atoms with E-state index >= 15 is 0 Å². The Kier molecular flexibility index (Phi) is 4.21. The van der Waals surface area contributed by atoms with Crippen molar-refractivity contribution in [2.45, 2.75) is 44.9 Å². The Morgan fingerprint density at radius 2 is 2.00 bits per heavy atom. The zero-order valence-electron chi connectivity index (χ0n) is 10.5. The van der Waals surface area contributed by atoms with Crippen molar-refractivity contribution in [3.05, 3.63) is 17.6 Å². The van der Waals surface area contributed by atoms with Gasteiger partial charge in [-0.1, -0.05) is 0 Å². The number of anilines is 1. The summed E-state index contributed by atoms with van der Waals surface area (Å²) in [6, 6.07) is 0. The second-order valence-electron chi connectivity index (χ2n) is 4.94. The normalized spacial score (nSPS) is 24.6. The monoisotopic (exact) mass is 253 g/mol. The fourth-order valence-electron chi connectivity index (χ4n) is 2.27. The molecule has 0 spiro atoms. The zero-order chi connectivity index (χ0) is 12.3. The maximum absolute atomic E-state index is 6.10. The number of nitrogens with one attached hydrogen (secondary N) is 1. The summed E-state index contributed by atoms with van der Waals surface area (Å²) in [6.07, 6.45) is 6.54. The standard InChI is InChI=1S/C13H20ClN3/c1-9-7-15-10(2)13(17-9)16-8-11-3-5-12(14)6-4-11/h7,11-12H,3-6,8H2,1-2H3,(H,16,17). The Morgan fingerprint density at radius 3 is 2.71 bits per heavy atom. The Labute approximate surface area is 108 Å². The highest BCUT2D eigenvalue weighted by Crippen LogP contribution is 2.27. The lowest BCUT2D eigenvalue weighted by atomic mass is 9.89. The Bertz CT molecular complexity index is 373. The predicted octanol–water partition coefficient (Wildman–Crippen LogP) is 3.30. The molecule has 1 aliphatic rings. The minimum atomic E-state index is 0.395. The highest BCUT2D eigenvalue weighted by atomic mass is 35.5. The first kappa shape index (κ1) is 12.6. The fourth-order valence-corrected chi connectivity index (χ4v) is 2.52. The SMILES string of the molecule is Cc1cnc(C)c(NCC2CCC(Cl)CC2)n1. The average molecular weight is 254 g/mol. The number of alkyl halides is 1. The van der Waals surface area contributed by atoms with Crippen molar-refractivity contribution < 1.29 is 0 Å². The Hall–Kier alpha value is -0.830. The van der Waals surface area contributed by atoms with Gasteiger partial charge in [0.2, 0.25) is 0 Å². The molecule has 0 saturated heterocycles. The molecular weight excluding hydrogens is 234 g/mol. The molecule has 0 unspecified atom stereocenters. The van der Waals surface area contributed by atoms with E-state index in [1.165, 1.54) is 12.8 Å². The van der Waals surface area contributed by atoms with Crippen molar-refractivity contribution in [1.29, 1.82) is 0 Å². The van der Waals surface area contributed by atoms with Crippen molar-refractivity contribution in [3.8, 4) is 0 Å². The molecule has 1 aromatic heterocycles. The first-order chi connectivity index (χ1) is 8.15. The van der Waals surface area contributed by atoms with Crippen LogP contribution >= 0.6 is 11.6 Å². The van der Waals surface area contributed by atoms with Gasteiger partial charge < -0.3 is 5.32 Å². The van der Waals surface area contributed by atoms with Crippen molar-refractivity contribution in [3.63, 3.8) is 0 Å². The van der Waals surface area contributed by atoms with Crippen LogP contribution < -0.4 is 5.32 Å². The van der Waals surface area contributed by atoms with Gasteiger partial charge in [0.1, 0.15) is 5.82 Å². The summed E-state index contributed by atoms with van der Waals surface area (Å²) >= 11 is 6.10. The van der Waals surface area contributed by atoms with E-state index in [2.05, 4.69) is 15.3 Å². The van der Waals surface area contributed by atoms with Crippen molar-refractivity contribution in [2.75, 3.05) is 11.9 Å². The molecule has 3 nitrogen and oxygen atoms in total. The topological polar surface area (TPSA) is 37.8 Å². The number of rotatable bonds is 3. The number of hydrogen-bond acceptors (Lipinski definition) is 3. The number of hydrogen-bond donors (Lipinski definition) is 1. The van der Waals surface area contributed by atoms with Gasteiger partial charge in [0.15, 0.2) is 0 Å². The van der Waals surface area contributed by atoms with Gasteiger partial charge >= 0.3 is 0 Å². The Morgan fingerprint density at radius 1 is 1.29 bits per heavy atom. The van der Waals surface area contributed by atoms with E-state index in [9.17, 15) is 0 Å². The minimum absolute atomic E-state index is 0.395. The summed E-state index contributed by atoms with van der Waals surface area (Å²) in [5, 5.41) is 3.82. The molecule has 0 amide bonds. The number of halogens is 1. The van der Waals surface area contributed by atoms with E-state index in [1.807, 2.05) is 13.8 Å². The van der Waals surface area contributed by atoms with E-state index in [0.29, 0.717) is 5.38 Å². The van der Waals surface area contributed by atoms with Crippen molar-refractivity contribution >= 4 is 17.4 Å². The summed E-state index contributed by atoms with van der Waals surface area (Å²) in [6.45, 7) is 4.95. The quantitative estimate of drug-likeness (QED) is 0.840. The molecular formula is C13H20ClN3. The van der Waals surface area contributed by atoms with Gasteiger partial charge in [0.25, 0.3) is 0 Å². The first-order valence-corrected chi connectivity index (χ1v) is 6.77. The first-order valence-electron chi connectivity index (χ1n) is 6.33. The molecule has 0 aromatic carbocycles. The molecule has 1 saturated carbocycles. The molecule has 0 aliphatic heterocycles. The lowest BCUT2D eigenvalue weighted by Crippen LogP contribution is -2.22. The number of aromatic nitrogens is 2. The van der Waals surface area contributed by atoms with Crippen LogP contribution in [-0.4, -0.2) is 21.9 Å². The second-order valence-corrected chi connectivity index (χ2v) is 5.56. The van der Waals surface area contributed by atoms with Gasteiger partial charge in [0, 0.05) is 18.1 Å². The summed E-state index contributed by atoms with van der Waals surface area (Å²) in [7, 11) is 0. The van der Waals surface area contributed by atoms with Crippen LogP contribution in [0.2, 0.25) is 0 Å². The van der Waals surface area contributed by atoms with Crippen LogP contribution in [0, 0.1) is 19.8 Å². The summed E-state index contributed by atoms with van der Waals surface area (Å²) in [5.74, 6) is 1.66. The summed E-state index contributed by atoms with van der Waals surface area (Å²) in [4.78, 5) is 8.78. The largest absolute Gasteiger partial charge is 0.368 e. The number of aryl methyl sites for hydroxylation is 2. The third-order valence-corrected chi connectivity index (χ3v) is 3.85. The van der Waals surface area contributed by atoms with Crippen LogP contribution in [0.4, 0.5) is 5.82 Å². The van der Waals surface area contributed by atoms with Crippen molar-refractivity contribution in [1.82, 2.24) is 9.97 Å². The lowest BCUT2D eigenvalue weighted by molar-refractivity contribution is 0.377. The second kappa shape index (κ2) is 5.67. The van der Waals surface area contributed by atoms with Crippen LogP contribution in [0.1, 0.15) is 37.1 Å². The van der Waals surface area contributed by atoms with E-state index in [0.717, 1.165) is 42.5 Å². The Balaban J connectivity index is 1.87. The van der Waals surface area contributed by atoms with Gasteiger partial charge in [-0.25, -0.2) is 4.98 Å². The van der Waals surface area contributed by atoms with Crippen molar-refractivity contribution in [2.24, 2.45) is 5.92 Å². The van der Waals surface area contributed by atoms with E-state index in [-0.39, 0.29) is 0 Å². The molecule has 4 heteroatoms. The maximum Gasteiger partial charge on any atom is 0.147 e. The van der Waals surface area contributed by atoms with Gasteiger partial charge in [0.05, 0.1) is 11.4 Å². The highest BCUT2D eigenvalue weighted by Gasteiger charge is 2.19. The predicted molar refractivity (Wildman–Crippen MR) is 71.6 cm³/mol. The molecule has 1 heterocycles. The van der Waals surface area contributed by atoms with Crippen LogP contribution in [0.5, 0.6) is 0 Å². The molecule has 1 aliphatic carbocycles. The molecule has 0 radical (unpaired) electrons. The molecule has 17 heavy (non-hydrogen) atoms. The third kappa shape index (κ3) is 3.56. The lowest BCUT2D eigenvalue weighted by Gasteiger charge is -2.25. The van der Waals surface area contributed by atoms with Gasteiger partial charge in [-0.15, -0.1) is 11.6 Å². The summed E-state index contributed by atoms with van der Waals surface area (Å²) < 4.78 is 0.